The van der Waals surface area contributed by atoms with Gasteiger partial charge in [-0.1, -0.05) is 170 Å². The Balaban J connectivity index is 0.987. The summed E-state index contributed by atoms with van der Waals surface area (Å²) in [5.74, 6) is 0.681. The molecule has 0 atom stereocenters. The Morgan fingerprint density at radius 2 is 0.776 bits per heavy atom. The maximum Gasteiger partial charge on any atom is 0.0462 e. The van der Waals surface area contributed by atoms with E-state index < -0.39 is 0 Å². The number of aryl methyl sites for hydroxylation is 1. The summed E-state index contributed by atoms with van der Waals surface area (Å²) >= 11 is 0. The first-order valence-electron chi connectivity index (χ1n) is 20.6. The van der Waals surface area contributed by atoms with Crippen LogP contribution in [0.5, 0.6) is 0 Å². The molecule has 0 bridgehead atoms. The topological polar surface area (TPSA) is 3.24 Å². The molecule has 0 amide bonds. The van der Waals surface area contributed by atoms with E-state index in [0.717, 1.165) is 17.1 Å². The monoisotopic (exact) mass is 743 g/mol. The molecule has 1 heteroatoms. The van der Waals surface area contributed by atoms with Crippen molar-refractivity contribution in [1.29, 1.82) is 0 Å². The number of nitrogens with zero attached hydrogens (tertiary/aromatic N) is 1. The second kappa shape index (κ2) is 15.5. The number of anilines is 3. The van der Waals surface area contributed by atoms with Gasteiger partial charge in [-0.15, -0.1) is 0 Å². The van der Waals surface area contributed by atoms with E-state index in [4.69, 9.17) is 0 Å². The van der Waals surface area contributed by atoms with Gasteiger partial charge >= 0.3 is 0 Å². The quantitative estimate of drug-likeness (QED) is 0.142. The zero-order chi connectivity index (χ0) is 38.8. The molecule has 0 aliphatic heterocycles. The molecule has 0 spiro atoms. The Labute approximate surface area is 342 Å². The smallest absolute Gasteiger partial charge is 0.0462 e. The van der Waals surface area contributed by atoms with Crippen molar-refractivity contribution in [3.63, 3.8) is 0 Å². The largest absolute Gasteiger partial charge is 0.311 e. The van der Waals surface area contributed by atoms with Crippen molar-refractivity contribution in [2.24, 2.45) is 0 Å². The molecule has 1 aliphatic carbocycles. The Morgan fingerprint density at radius 3 is 1.34 bits per heavy atom. The predicted molar refractivity (Wildman–Crippen MR) is 247 cm³/mol. The van der Waals surface area contributed by atoms with Gasteiger partial charge in [-0.25, -0.2) is 0 Å². The van der Waals surface area contributed by atoms with Gasteiger partial charge in [0.05, 0.1) is 0 Å². The van der Waals surface area contributed by atoms with Gasteiger partial charge in [0.2, 0.25) is 0 Å². The van der Waals surface area contributed by atoms with E-state index in [9.17, 15) is 0 Å². The summed E-state index contributed by atoms with van der Waals surface area (Å²) < 4.78 is 0. The Hall–Kier alpha value is -6.96. The van der Waals surface area contributed by atoms with Crippen LogP contribution in [0, 0.1) is 6.92 Å². The van der Waals surface area contributed by atoms with Crippen LogP contribution in [0.3, 0.4) is 0 Å². The highest BCUT2D eigenvalue weighted by Gasteiger charge is 2.23. The van der Waals surface area contributed by atoms with E-state index >= 15 is 0 Å². The van der Waals surface area contributed by atoms with Crippen LogP contribution in [0.25, 0.3) is 66.4 Å². The van der Waals surface area contributed by atoms with Crippen LogP contribution in [0.4, 0.5) is 17.1 Å². The lowest BCUT2D eigenvalue weighted by Gasteiger charge is -2.28. The molecule has 1 nitrogen and oxygen atoms in total. The van der Waals surface area contributed by atoms with Crippen molar-refractivity contribution >= 4 is 27.8 Å². The molecule has 278 valence electrons. The van der Waals surface area contributed by atoms with E-state index in [2.05, 4.69) is 224 Å². The standard InChI is InChI=1S/C57H45N/c1-40-18-19-51(39-57(40)56-17-8-7-16-55(56)48-14-9-15-48)47-30-36-54(37-31-47)58(53-34-28-46(29-35-53)50-25-24-42-12-5-6-13-49(42)38-50)52-32-26-45(27-33-52)44-22-20-43(21-23-44)41-10-3-2-4-11-41/h2-8,10-13,16-39,48H,9,14-15H2,1H3. The third-order valence-corrected chi connectivity index (χ3v) is 12.2. The molecular weight excluding hydrogens is 699 g/mol. The molecule has 1 aliphatic rings. The number of hydrogen-bond donors (Lipinski definition) is 0. The molecule has 9 aromatic rings. The molecule has 0 unspecified atom stereocenters. The lowest BCUT2D eigenvalue weighted by atomic mass is 9.76. The third-order valence-electron chi connectivity index (χ3n) is 12.2. The van der Waals surface area contributed by atoms with Crippen LogP contribution < -0.4 is 4.90 Å². The van der Waals surface area contributed by atoms with Gasteiger partial charge in [-0.2, -0.15) is 0 Å². The summed E-state index contributed by atoms with van der Waals surface area (Å²) in [4.78, 5) is 2.37. The molecule has 9 aromatic carbocycles. The molecule has 1 saturated carbocycles. The maximum atomic E-state index is 2.40. The summed E-state index contributed by atoms with van der Waals surface area (Å²) in [5, 5.41) is 2.51. The second-order valence-electron chi connectivity index (χ2n) is 15.7. The minimum Gasteiger partial charge on any atom is -0.311 e. The Bertz CT molecular complexity index is 2830. The van der Waals surface area contributed by atoms with Crippen molar-refractivity contribution in [2.75, 3.05) is 4.90 Å². The van der Waals surface area contributed by atoms with Crippen molar-refractivity contribution in [3.05, 3.63) is 223 Å². The summed E-state index contributed by atoms with van der Waals surface area (Å²) in [6.45, 7) is 2.24. The first-order valence-corrected chi connectivity index (χ1v) is 20.6. The van der Waals surface area contributed by atoms with Gasteiger partial charge < -0.3 is 4.90 Å². The van der Waals surface area contributed by atoms with Crippen LogP contribution in [0.1, 0.15) is 36.3 Å². The van der Waals surface area contributed by atoms with Gasteiger partial charge in [-0.3, -0.25) is 0 Å². The molecule has 0 saturated heterocycles. The molecule has 0 aromatic heterocycles. The minimum atomic E-state index is 0.681. The van der Waals surface area contributed by atoms with E-state index in [1.165, 1.54) is 96.8 Å². The zero-order valence-corrected chi connectivity index (χ0v) is 32.9. The van der Waals surface area contributed by atoms with Gasteiger partial charge in [0.1, 0.15) is 0 Å². The fourth-order valence-corrected chi connectivity index (χ4v) is 8.62. The fourth-order valence-electron chi connectivity index (χ4n) is 8.62. The maximum absolute atomic E-state index is 2.40. The van der Waals surface area contributed by atoms with Crippen molar-refractivity contribution in [3.8, 4) is 55.6 Å². The fraction of sp³-hybridized carbons (Fsp3) is 0.0877. The number of benzene rings is 9. The molecule has 10 rings (SSSR count). The van der Waals surface area contributed by atoms with Crippen molar-refractivity contribution < 1.29 is 0 Å². The van der Waals surface area contributed by atoms with Gasteiger partial charge in [0.15, 0.2) is 0 Å². The SMILES string of the molecule is Cc1ccc(-c2ccc(N(c3ccc(-c4ccc(-c5ccccc5)cc4)cc3)c3ccc(-c4ccc5ccccc5c4)cc3)cc2)cc1-c1ccccc1C1CCC1. The molecule has 58 heavy (non-hydrogen) atoms. The van der Waals surface area contributed by atoms with E-state index in [1.54, 1.807) is 0 Å². The highest BCUT2D eigenvalue weighted by molar-refractivity contribution is 5.88. The summed E-state index contributed by atoms with van der Waals surface area (Å²) in [6, 6.07) is 77.8. The Morgan fingerprint density at radius 1 is 0.345 bits per heavy atom. The number of fused-ring (bicyclic) bond motifs is 1. The molecule has 0 N–H and O–H groups in total. The van der Waals surface area contributed by atoms with Crippen LogP contribution in [-0.4, -0.2) is 0 Å². The lowest BCUT2D eigenvalue weighted by molar-refractivity contribution is 0.420. The average molecular weight is 744 g/mol. The molecular formula is C57H45N. The van der Waals surface area contributed by atoms with E-state index in [0.29, 0.717) is 5.92 Å². The summed E-state index contributed by atoms with van der Waals surface area (Å²) in [5.41, 5.74) is 18.6. The summed E-state index contributed by atoms with van der Waals surface area (Å²) in [6.07, 6.45) is 3.93. The van der Waals surface area contributed by atoms with Crippen molar-refractivity contribution in [2.45, 2.75) is 32.1 Å². The van der Waals surface area contributed by atoms with Crippen LogP contribution in [-0.2, 0) is 0 Å². The first-order chi connectivity index (χ1) is 28.6. The van der Waals surface area contributed by atoms with Crippen LogP contribution >= 0.6 is 0 Å². The summed E-state index contributed by atoms with van der Waals surface area (Å²) in [7, 11) is 0. The van der Waals surface area contributed by atoms with Crippen molar-refractivity contribution in [1.82, 2.24) is 0 Å². The molecule has 0 heterocycles. The highest BCUT2D eigenvalue weighted by atomic mass is 15.1. The number of hydrogen-bond acceptors (Lipinski definition) is 1. The zero-order valence-electron chi connectivity index (χ0n) is 32.9. The lowest BCUT2D eigenvalue weighted by Crippen LogP contribution is -2.10. The van der Waals surface area contributed by atoms with Gasteiger partial charge in [0.25, 0.3) is 0 Å². The minimum absolute atomic E-state index is 0.681. The normalized spacial score (nSPS) is 12.6. The highest BCUT2D eigenvalue weighted by Crippen LogP contribution is 2.43. The predicted octanol–water partition coefficient (Wildman–Crippen LogP) is 16.2. The molecule has 0 radical (unpaired) electrons. The number of rotatable bonds is 9. The average Bonchev–Trinajstić information content (AvgIpc) is 3.27. The third kappa shape index (κ3) is 7.01. The van der Waals surface area contributed by atoms with E-state index in [1.807, 2.05) is 0 Å². The van der Waals surface area contributed by atoms with Crippen LogP contribution in [0.2, 0.25) is 0 Å². The van der Waals surface area contributed by atoms with Crippen LogP contribution in [0.15, 0.2) is 212 Å². The first kappa shape index (κ1) is 35.5. The van der Waals surface area contributed by atoms with E-state index in [-0.39, 0.29) is 0 Å². The Kier molecular flexibility index (Phi) is 9.49. The molecule has 1 fully saturated rings. The second-order valence-corrected chi connectivity index (χ2v) is 15.7. The van der Waals surface area contributed by atoms with Gasteiger partial charge in [-0.05, 0) is 152 Å². The van der Waals surface area contributed by atoms with Gasteiger partial charge in [0, 0.05) is 17.1 Å².